The third-order valence-electron chi connectivity index (χ3n) is 3.70. The largest absolute Gasteiger partial charge is 0.269 e. The third kappa shape index (κ3) is 1.23. The van der Waals surface area contributed by atoms with Gasteiger partial charge in [0.05, 0.1) is 5.39 Å². The van der Waals surface area contributed by atoms with Crippen LogP contribution >= 0.6 is 11.3 Å². The summed E-state index contributed by atoms with van der Waals surface area (Å²) in [6.45, 7) is 2.27. The fraction of sp³-hybridized carbons (Fsp3) is 0.417. The van der Waals surface area contributed by atoms with Gasteiger partial charge < -0.3 is 0 Å². The molecular weight excluding hydrogens is 248 g/mol. The van der Waals surface area contributed by atoms with Gasteiger partial charge in [-0.05, 0) is 30.7 Å². The van der Waals surface area contributed by atoms with E-state index in [9.17, 15) is 4.79 Å². The minimum atomic E-state index is 0.0100. The maximum Gasteiger partial charge on any atom is 0.269 e. The molecule has 0 spiro atoms. The van der Waals surface area contributed by atoms with Crippen molar-refractivity contribution in [3.05, 3.63) is 27.1 Å². The lowest BCUT2D eigenvalue weighted by molar-refractivity contribution is 0.509. The lowest BCUT2D eigenvalue weighted by Gasteiger charge is -2.17. The van der Waals surface area contributed by atoms with Gasteiger partial charge in [-0.3, -0.25) is 4.79 Å². The Morgan fingerprint density at radius 1 is 1.56 bits per heavy atom. The van der Waals surface area contributed by atoms with Gasteiger partial charge in [-0.1, -0.05) is 6.92 Å². The Kier molecular flexibility index (Phi) is 1.94. The highest BCUT2D eigenvalue weighted by Gasteiger charge is 2.23. The first-order valence-electron chi connectivity index (χ1n) is 6.10. The minimum absolute atomic E-state index is 0.0100. The molecule has 3 aromatic heterocycles. The van der Waals surface area contributed by atoms with Crippen LogP contribution in [-0.2, 0) is 12.8 Å². The molecule has 0 aliphatic heterocycles. The van der Waals surface area contributed by atoms with E-state index < -0.39 is 0 Å². The quantitative estimate of drug-likeness (QED) is 0.670. The van der Waals surface area contributed by atoms with E-state index in [-0.39, 0.29) is 5.56 Å². The molecule has 0 fully saturated rings. The van der Waals surface area contributed by atoms with Crippen LogP contribution in [0.25, 0.3) is 16.0 Å². The van der Waals surface area contributed by atoms with E-state index in [0.29, 0.717) is 11.7 Å². The zero-order valence-electron chi connectivity index (χ0n) is 9.93. The van der Waals surface area contributed by atoms with Crippen LogP contribution in [-0.4, -0.2) is 19.6 Å². The molecular formula is C12H12N4OS. The second-order valence-electron chi connectivity index (χ2n) is 5.00. The highest BCUT2D eigenvalue weighted by Crippen LogP contribution is 2.35. The van der Waals surface area contributed by atoms with E-state index in [2.05, 4.69) is 22.1 Å². The van der Waals surface area contributed by atoms with Crippen LogP contribution in [0.5, 0.6) is 0 Å². The van der Waals surface area contributed by atoms with Crippen LogP contribution in [0.4, 0.5) is 0 Å². The average Bonchev–Trinajstić information content (AvgIpc) is 2.92. The number of aryl methyl sites for hydroxylation is 1. The molecule has 92 valence electrons. The zero-order valence-corrected chi connectivity index (χ0v) is 10.8. The van der Waals surface area contributed by atoms with Gasteiger partial charge in [0.25, 0.3) is 5.56 Å². The van der Waals surface area contributed by atoms with E-state index in [1.54, 1.807) is 11.3 Å². The monoisotopic (exact) mass is 260 g/mol. The van der Waals surface area contributed by atoms with Crippen molar-refractivity contribution in [2.45, 2.75) is 26.2 Å². The Morgan fingerprint density at radius 3 is 3.33 bits per heavy atom. The molecule has 1 aliphatic rings. The summed E-state index contributed by atoms with van der Waals surface area (Å²) in [5.41, 5.74) is 1.23. The summed E-state index contributed by atoms with van der Waals surface area (Å²) >= 11 is 1.66. The van der Waals surface area contributed by atoms with E-state index >= 15 is 0 Å². The number of fused-ring (bicyclic) bond motifs is 4. The third-order valence-corrected chi connectivity index (χ3v) is 4.85. The van der Waals surface area contributed by atoms with Crippen molar-refractivity contribution in [3.8, 4) is 0 Å². The summed E-state index contributed by atoms with van der Waals surface area (Å²) in [4.78, 5) is 19.1. The second kappa shape index (κ2) is 3.41. The number of H-pyrrole nitrogens is 1. The summed E-state index contributed by atoms with van der Waals surface area (Å²) in [5.74, 6) is 1.24. The molecule has 0 radical (unpaired) electrons. The predicted octanol–water partition coefficient (Wildman–Crippen LogP) is 1.76. The van der Waals surface area contributed by atoms with Crippen LogP contribution in [0, 0.1) is 5.92 Å². The highest BCUT2D eigenvalue weighted by atomic mass is 32.1. The van der Waals surface area contributed by atoms with Crippen LogP contribution < -0.4 is 5.56 Å². The van der Waals surface area contributed by atoms with Gasteiger partial charge in [0.2, 0.25) is 5.78 Å². The number of hydrogen-bond acceptors (Lipinski definition) is 4. The van der Waals surface area contributed by atoms with E-state index in [1.807, 2.05) is 0 Å². The Labute approximate surface area is 106 Å². The Hall–Kier alpha value is -1.69. The van der Waals surface area contributed by atoms with Crippen molar-refractivity contribution >= 4 is 27.3 Å². The fourth-order valence-corrected chi connectivity index (χ4v) is 4.11. The van der Waals surface area contributed by atoms with Crippen molar-refractivity contribution in [1.82, 2.24) is 19.6 Å². The molecule has 0 saturated heterocycles. The van der Waals surface area contributed by atoms with Crippen LogP contribution in [0.15, 0.2) is 11.1 Å². The van der Waals surface area contributed by atoms with E-state index in [0.717, 1.165) is 29.5 Å². The summed E-state index contributed by atoms with van der Waals surface area (Å²) in [6.07, 6.45) is 4.73. The number of aromatic nitrogens is 4. The molecule has 0 unspecified atom stereocenters. The average molecular weight is 260 g/mol. The SMILES string of the molecule is C[C@H]1CCc2c(sc3nc4[nH]ncn4c(=O)c23)C1. The molecule has 3 heterocycles. The molecule has 0 aromatic carbocycles. The number of rotatable bonds is 0. The smallest absolute Gasteiger partial charge is 0.268 e. The Morgan fingerprint density at radius 2 is 2.44 bits per heavy atom. The van der Waals surface area contributed by atoms with Crippen molar-refractivity contribution in [1.29, 1.82) is 0 Å². The lowest BCUT2D eigenvalue weighted by Crippen LogP contribution is -2.15. The lowest BCUT2D eigenvalue weighted by atomic mass is 9.89. The van der Waals surface area contributed by atoms with E-state index in [4.69, 9.17) is 0 Å². The fourth-order valence-electron chi connectivity index (χ4n) is 2.73. The molecule has 3 aromatic rings. The molecule has 18 heavy (non-hydrogen) atoms. The first-order chi connectivity index (χ1) is 8.74. The maximum absolute atomic E-state index is 12.4. The molecule has 0 bridgehead atoms. The van der Waals surface area contributed by atoms with Crippen molar-refractivity contribution in [2.75, 3.05) is 0 Å². The van der Waals surface area contributed by atoms with Crippen molar-refractivity contribution < 1.29 is 0 Å². The van der Waals surface area contributed by atoms with Crippen LogP contribution in [0.3, 0.4) is 0 Å². The van der Waals surface area contributed by atoms with Gasteiger partial charge in [0, 0.05) is 4.88 Å². The molecule has 5 nitrogen and oxygen atoms in total. The standard InChI is InChI=1S/C12H12N4OS/c1-6-2-3-7-8(4-6)18-10-9(7)11(17)16-5-13-15-12(16)14-10/h5-6H,2-4H2,1H3,(H,14,15)/t6-/m0/s1. The minimum Gasteiger partial charge on any atom is -0.268 e. The molecule has 6 heteroatoms. The Bertz CT molecular complexity index is 813. The number of aromatic amines is 1. The number of nitrogens with zero attached hydrogens (tertiary/aromatic N) is 3. The summed E-state index contributed by atoms with van der Waals surface area (Å²) in [7, 11) is 0. The molecule has 1 N–H and O–H groups in total. The van der Waals surface area contributed by atoms with Crippen molar-refractivity contribution in [3.63, 3.8) is 0 Å². The maximum atomic E-state index is 12.4. The van der Waals surface area contributed by atoms with E-state index in [1.165, 1.54) is 21.2 Å². The molecule has 1 atom stereocenters. The first kappa shape index (κ1) is 10.3. The van der Waals surface area contributed by atoms with Crippen LogP contribution in [0.2, 0.25) is 0 Å². The normalized spacial score (nSPS) is 19.5. The Balaban J connectivity index is 2.15. The van der Waals surface area contributed by atoms with Crippen molar-refractivity contribution in [2.24, 2.45) is 5.92 Å². The van der Waals surface area contributed by atoms with Gasteiger partial charge in [-0.2, -0.15) is 5.10 Å². The molecule has 0 saturated carbocycles. The predicted molar refractivity (Wildman–Crippen MR) is 70.2 cm³/mol. The summed E-state index contributed by atoms with van der Waals surface area (Å²) in [6, 6.07) is 0. The van der Waals surface area contributed by atoms with Gasteiger partial charge >= 0.3 is 0 Å². The number of thiophene rings is 1. The number of hydrogen-bond donors (Lipinski definition) is 1. The van der Waals surface area contributed by atoms with Gasteiger partial charge in [-0.25, -0.2) is 14.5 Å². The number of nitrogens with one attached hydrogen (secondary N) is 1. The van der Waals surface area contributed by atoms with Gasteiger partial charge in [-0.15, -0.1) is 11.3 Å². The molecule has 0 amide bonds. The van der Waals surface area contributed by atoms with Gasteiger partial charge in [0.1, 0.15) is 11.2 Å². The highest BCUT2D eigenvalue weighted by molar-refractivity contribution is 7.18. The topological polar surface area (TPSA) is 63.1 Å². The molecule has 4 rings (SSSR count). The van der Waals surface area contributed by atoms with Crippen LogP contribution in [0.1, 0.15) is 23.8 Å². The first-order valence-corrected chi connectivity index (χ1v) is 6.91. The summed E-state index contributed by atoms with van der Waals surface area (Å²) in [5, 5.41) is 7.43. The zero-order chi connectivity index (χ0) is 12.3. The second-order valence-corrected chi connectivity index (χ2v) is 6.08. The van der Waals surface area contributed by atoms with Gasteiger partial charge in [0.15, 0.2) is 0 Å². The molecule has 1 aliphatic carbocycles. The summed E-state index contributed by atoms with van der Waals surface area (Å²) < 4.78 is 1.49.